The predicted molar refractivity (Wildman–Crippen MR) is 121 cm³/mol. The smallest absolute Gasteiger partial charge is 0.222 e. The molecular weight excluding hydrogens is 396 g/mol. The molecule has 1 amide bonds. The highest BCUT2D eigenvalue weighted by Crippen LogP contribution is 2.24. The van der Waals surface area contributed by atoms with E-state index in [1.807, 2.05) is 36.1 Å². The van der Waals surface area contributed by atoms with E-state index in [-0.39, 0.29) is 18.0 Å². The zero-order valence-corrected chi connectivity index (χ0v) is 18.7. The molecule has 2 unspecified atom stereocenters. The molecule has 5 nitrogen and oxygen atoms in total. The lowest BCUT2D eigenvalue weighted by Gasteiger charge is -2.41. The van der Waals surface area contributed by atoms with Crippen LogP contribution in [0.5, 0.6) is 0 Å². The van der Waals surface area contributed by atoms with Crippen molar-refractivity contribution >= 4 is 15.9 Å². The molecule has 1 fully saturated rings. The van der Waals surface area contributed by atoms with Gasteiger partial charge in [-0.2, -0.15) is 0 Å². The number of rotatable bonds is 8. The summed E-state index contributed by atoms with van der Waals surface area (Å²) in [5, 5.41) is 0. The number of carbonyl (C=O) groups is 1. The monoisotopic (exact) mass is 428 g/mol. The Kier molecular flexibility index (Phi) is 7.67. The minimum Gasteiger partial charge on any atom is -0.338 e. The normalized spacial score (nSPS) is 19.6. The topological polar surface area (TPSA) is 66.5 Å². The summed E-state index contributed by atoms with van der Waals surface area (Å²) in [5.41, 5.74) is 3.60. The van der Waals surface area contributed by atoms with E-state index in [0.29, 0.717) is 19.4 Å². The summed E-state index contributed by atoms with van der Waals surface area (Å²) in [4.78, 5) is 14.7. The minimum absolute atomic E-state index is 0.114. The van der Waals surface area contributed by atoms with E-state index in [1.54, 1.807) is 0 Å². The number of hydrogen-bond donors (Lipinski definition) is 1. The fraction of sp³-hybridized carbons (Fsp3) is 0.458. The van der Waals surface area contributed by atoms with Gasteiger partial charge in [0.25, 0.3) is 0 Å². The summed E-state index contributed by atoms with van der Waals surface area (Å²) in [6.45, 7) is 2.69. The second-order valence-corrected chi connectivity index (χ2v) is 10.0. The molecule has 6 heteroatoms. The lowest BCUT2D eigenvalue weighted by molar-refractivity contribution is -0.135. The molecule has 3 rings (SSSR count). The van der Waals surface area contributed by atoms with Crippen molar-refractivity contribution in [3.05, 3.63) is 71.3 Å². The van der Waals surface area contributed by atoms with Crippen LogP contribution in [-0.2, 0) is 27.7 Å². The molecule has 2 atom stereocenters. The lowest BCUT2D eigenvalue weighted by atomic mass is 9.90. The van der Waals surface area contributed by atoms with Gasteiger partial charge in [0.15, 0.2) is 0 Å². The third-order valence-corrected chi connectivity index (χ3v) is 6.35. The molecule has 30 heavy (non-hydrogen) atoms. The second kappa shape index (κ2) is 10.2. The van der Waals surface area contributed by atoms with Crippen LogP contribution < -0.4 is 4.72 Å². The van der Waals surface area contributed by atoms with Crippen LogP contribution in [0.4, 0.5) is 0 Å². The van der Waals surface area contributed by atoms with Crippen molar-refractivity contribution < 1.29 is 13.2 Å². The molecule has 1 aliphatic rings. The van der Waals surface area contributed by atoms with Crippen molar-refractivity contribution in [3.8, 4) is 0 Å². The Hall–Kier alpha value is -2.18. The van der Waals surface area contributed by atoms with Gasteiger partial charge in [-0.15, -0.1) is 0 Å². The fourth-order valence-corrected chi connectivity index (χ4v) is 5.15. The Morgan fingerprint density at radius 3 is 2.47 bits per heavy atom. The Labute approximate surface area is 180 Å². The lowest BCUT2D eigenvalue weighted by Crippen LogP contribution is -2.57. The number of likely N-dealkylation sites (tertiary alicyclic amines) is 1. The molecular formula is C24H32N2O3S. The largest absolute Gasteiger partial charge is 0.338 e. The van der Waals surface area contributed by atoms with Gasteiger partial charge < -0.3 is 4.90 Å². The highest BCUT2D eigenvalue weighted by Gasteiger charge is 2.35. The van der Waals surface area contributed by atoms with Gasteiger partial charge in [0.2, 0.25) is 15.9 Å². The SMILES string of the molecule is CCCC(=O)N1CCCC(NS(C)(=O)=O)C1Cc1cccc(Cc2ccccc2)c1. The van der Waals surface area contributed by atoms with Gasteiger partial charge in [-0.25, -0.2) is 13.1 Å². The Balaban J connectivity index is 1.83. The maximum atomic E-state index is 12.8. The zero-order chi connectivity index (χ0) is 21.6. The number of carbonyl (C=O) groups excluding carboxylic acids is 1. The van der Waals surface area contributed by atoms with E-state index in [2.05, 4.69) is 35.1 Å². The van der Waals surface area contributed by atoms with Crippen LogP contribution >= 0.6 is 0 Å². The summed E-state index contributed by atoms with van der Waals surface area (Å²) >= 11 is 0. The Morgan fingerprint density at radius 2 is 1.77 bits per heavy atom. The van der Waals surface area contributed by atoms with Crippen LogP contribution in [0.25, 0.3) is 0 Å². The first-order valence-electron chi connectivity index (χ1n) is 10.7. The van der Waals surface area contributed by atoms with Gasteiger partial charge in [0, 0.05) is 19.0 Å². The van der Waals surface area contributed by atoms with Gasteiger partial charge in [0.1, 0.15) is 0 Å². The van der Waals surface area contributed by atoms with Crippen LogP contribution in [-0.4, -0.2) is 44.1 Å². The highest BCUT2D eigenvalue weighted by molar-refractivity contribution is 7.88. The van der Waals surface area contributed by atoms with Gasteiger partial charge in [-0.05, 0) is 48.8 Å². The number of nitrogens with zero attached hydrogens (tertiary/aromatic N) is 1. The molecule has 0 radical (unpaired) electrons. The van der Waals surface area contributed by atoms with E-state index in [4.69, 9.17) is 0 Å². The van der Waals surface area contributed by atoms with Crippen molar-refractivity contribution in [3.63, 3.8) is 0 Å². The van der Waals surface area contributed by atoms with Crippen LogP contribution in [0.15, 0.2) is 54.6 Å². The number of nitrogens with one attached hydrogen (secondary N) is 1. The van der Waals surface area contributed by atoms with Gasteiger partial charge >= 0.3 is 0 Å². The molecule has 162 valence electrons. The highest BCUT2D eigenvalue weighted by atomic mass is 32.2. The fourth-order valence-electron chi connectivity index (χ4n) is 4.33. The molecule has 0 aromatic heterocycles. The number of piperidine rings is 1. The van der Waals surface area contributed by atoms with Crippen LogP contribution in [0.3, 0.4) is 0 Å². The van der Waals surface area contributed by atoms with E-state index >= 15 is 0 Å². The summed E-state index contributed by atoms with van der Waals surface area (Å²) < 4.78 is 26.7. The molecule has 0 bridgehead atoms. The second-order valence-electron chi connectivity index (χ2n) is 8.23. The van der Waals surface area contributed by atoms with E-state index in [1.165, 1.54) is 17.4 Å². The Morgan fingerprint density at radius 1 is 1.07 bits per heavy atom. The van der Waals surface area contributed by atoms with Crippen molar-refractivity contribution in [2.75, 3.05) is 12.8 Å². The number of benzene rings is 2. The molecule has 0 spiro atoms. The molecule has 2 aromatic carbocycles. The van der Waals surface area contributed by atoms with Gasteiger partial charge in [-0.3, -0.25) is 4.79 Å². The summed E-state index contributed by atoms with van der Waals surface area (Å²) in [6.07, 6.45) is 5.53. The molecule has 1 N–H and O–H groups in total. The number of sulfonamides is 1. The molecule has 0 saturated carbocycles. The molecule has 1 heterocycles. The number of amides is 1. The molecule has 1 saturated heterocycles. The predicted octanol–water partition coefficient (Wildman–Crippen LogP) is 3.53. The van der Waals surface area contributed by atoms with E-state index < -0.39 is 10.0 Å². The zero-order valence-electron chi connectivity index (χ0n) is 17.9. The summed E-state index contributed by atoms with van der Waals surface area (Å²) in [6, 6.07) is 18.3. The third kappa shape index (κ3) is 6.41. The molecule has 1 aliphatic heterocycles. The van der Waals surface area contributed by atoms with Gasteiger partial charge in [-0.1, -0.05) is 61.5 Å². The first-order chi connectivity index (χ1) is 14.4. The average Bonchev–Trinajstić information content (AvgIpc) is 2.69. The first kappa shape index (κ1) is 22.5. The van der Waals surface area contributed by atoms with Crippen molar-refractivity contribution in [1.82, 2.24) is 9.62 Å². The minimum atomic E-state index is -3.35. The van der Waals surface area contributed by atoms with Crippen molar-refractivity contribution in [1.29, 1.82) is 0 Å². The quantitative estimate of drug-likeness (QED) is 0.699. The summed E-state index contributed by atoms with van der Waals surface area (Å²) in [5.74, 6) is 0.114. The van der Waals surface area contributed by atoms with Crippen molar-refractivity contribution in [2.45, 2.75) is 57.5 Å². The first-order valence-corrected chi connectivity index (χ1v) is 12.6. The number of hydrogen-bond acceptors (Lipinski definition) is 3. The maximum Gasteiger partial charge on any atom is 0.222 e. The van der Waals surface area contributed by atoms with Crippen molar-refractivity contribution in [2.24, 2.45) is 0 Å². The van der Waals surface area contributed by atoms with Crippen LogP contribution in [0.1, 0.15) is 49.3 Å². The standard InChI is InChI=1S/C24H32N2O3S/c1-3-9-24(27)26-15-8-14-22(25-30(2,28)29)23(26)18-21-13-7-12-20(17-21)16-19-10-5-4-6-11-19/h4-7,10-13,17,22-23,25H,3,8-9,14-16,18H2,1-2H3. The Bertz CT molecular complexity index is 944. The van der Waals surface area contributed by atoms with Crippen LogP contribution in [0.2, 0.25) is 0 Å². The molecule has 0 aliphatic carbocycles. The van der Waals surface area contributed by atoms with Crippen LogP contribution in [0, 0.1) is 0 Å². The third-order valence-electron chi connectivity index (χ3n) is 5.62. The summed E-state index contributed by atoms with van der Waals surface area (Å²) in [7, 11) is -3.35. The van der Waals surface area contributed by atoms with E-state index in [9.17, 15) is 13.2 Å². The average molecular weight is 429 g/mol. The van der Waals surface area contributed by atoms with E-state index in [0.717, 1.165) is 31.2 Å². The van der Waals surface area contributed by atoms with Gasteiger partial charge in [0.05, 0.1) is 12.3 Å². The molecule has 2 aromatic rings. The maximum absolute atomic E-state index is 12.8.